The minimum Gasteiger partial charge on any atom is -0.268 e. The Labute approximate surface area is 154 Å². The van der Waals surface area contributed by atoms with Gasteiger partial charge >= 0.3 is 0 Å². The summed E-state index contributed by atoms with van der Waals surface area (Å²) in [5, 5.41) is 4.66. The first-order chi connectivity index (χ1) is 11.5. The summed E-state index contributed by atoms with van der Waals surface area (Å²) in [5.74, 6) is 0. The highest BCUT2D eigenvalue weighted by molar-refractivity contribution is 9.10. The van der Waals surface area contributed by atoms with Gasteiger partial charge in [0.25, 0.3) is 0 Å². The molecule has 1 aromatic heterocycles. The van der Waals surface area contributed by atoms with Crippen molar-refractivity contribution in [3.05, 3.63) is 46.2 Å². The van der Waals surface area contributed by atoms with E-state index in [-0.39, 0.29) is 28.0 Å². The van der Waals surface area contributed by atoms with Crippen LogP contribution in [0.1, 0.15) is 31.7 Å². The Balaban J connectivity index is 1.64. The maximum Gasteiger partial charge on any atom is 0.245 e. The van der Waals surface area contributed by atoms with Crippen LogP contribution in [0.15, 0.2) is 46.0 Å². The molecule has 2 bridgehead atoms. The quantitative estimate of drug-likeness (QED) is 0.743. The van der Waals surface area contributed by atoms with Gasteiger partial charge in [0, 0.05) is 18.3 Å². The van der Waals surface area contributed by atoms with E-state index < -0.39 is 10.0 Å². The van der Waals surface area contributed by atoms with Crippen molar-refractivity contribution in [2.75, 3.05) is 0 Å². The number of piperidine rings is 1. The molecule has 128 valence electrons. The van der Waals surface area contributed by atoms with Crippen molar-refractivity contribution in [1.29, 1.82) is 0 Å². The Bertz CT molecular complexity index is 856. The molecule has 2 aliphatic rings. The van der Waals surface area contributed by atoms with Crippen LogP contribution in [0.5, 0.6) is 0 Å². The number of fused-ring (bicyclic) bond motifs is 2. The summed E-state index contributed by atoms with van der Waals surface area (Å²) in [5.41, 5.74) is 0. The summed E-state index contributed by atoms with van der Waals surface area (Å²) in [7, 11) is -3.57. The van der Waals surface area contributed by atoms with Crippen LogP contribution in [-0.4, -0.2) is 34.6 Å². The molecule has 2 atom stereocenters. The van der Waals surface area contributed by atoms with Crippen LogP contribution in [0.2, 0.25) is 5.02 Å². The highest BCUT2D eigenvalue weighted by Gasteiger charge is 2.48. The standard InChI is InChI=1S/C16H17BrClN3O2S/c17-11-9-19-20(10-11)14-7-12-5-6-13(8-14)21(12)24(22,23)16-4-2-1-3-15(16)18/h1-4,9-10,12-14H,5-8H2. The van der Waals surface area contributed by atoms with Crippen LogP contribution >= 0.6 is 27.5 Å². The van der Waals surface area contributed by atoms with Crippen molar-refractivity contribution < 1.29 is 8.42 Å². The second-order valence-corrected chi connectivity index (χ2v) is 9.55. The summed E-state index contributed by atoms with van der Waals surface area (Å²) >= 11 is 9.57. The van der Waals surface area contributed by atoms with Crippen LogP contribution in [0.4, 0.5) is 0 Å². The van der Waals surface area contributed by atoms with E-state index >= 15 is 0 Å². The molecule has 2 unspecified atom stereocenters. The lowest BCUT2D eigenvalue weighted by molar-refractivity contribution is 0.185. The van der Waals surface area contributed by atoms with Gasteiger partial charge in [0.2, 0.25) is 10.0 Å². The van der Waals surface area contributed by atoms with Gasteiger partial charge in [-0.15, -0.1) is 0 Å². The SMILES string of the molecule is O=S(=O)(c1ccccc1Cl)N1C2CCC1CC(n1cc(Br)cn1)C2. The summed E-state index contributed by atoms with van der Waals surface area (Å²) in [4.78, 5) is 0.212. The van der Waals surface area contributed by atoms with Crippen molar-refractivity contribution in [3.63, 3.8) is 0 Å². The summed E-state index contributed by atoms with van der Waals surface area (Å²) in [6.07, 6.45) is 7.10. The third-order valence-electron chi connectivity index (χ3n) is 4.98. The van der Waals surface area contributed by atoms with Crippen LogP contribution in [0.25, 0.3) is 0 Å². The van der Waals surface area contributed by atoms with E-state index in [2.05, 4.69) is 21.0 Å². The van der Waals surface area contributed by atoms with Gasteiger partial charge < -0.3 is 0 Å². The molecule has 2 aromatic rings. The number of benzene rings is 1. The fourth-order valence-electron chi connectivity index (χ4n) is 4.00. The maximum atomic E-state index is 13.1. The zero-order valence-corrected chi connectivity index (χ0v) is 16.0. The molecule has 0 radical (unpaired) electrons. The number of rotatable bonds is 3. The Hall–Kier alpha value is -0.890. The molecular formula is C16H17BrClN3O2S. The van der Waals surface area contributed by atoms with E-state index in [1.807, 2.05) is 10.9 Å². The number of hydrogen-bond donors (Lipinski definition) is 0. The van der Waals surface area contributed by atoms with Crippen LogP contribution < -0.4 is 0 Å². The Morgan fingerprint density at radius 2 is 1.79 bits per heavy atom. The zero-order valence-electron chi connectivity index (χ0n) is 12.8. The molecule has 8 heteroatoms. The van der Waals surface area contributed by atoms with E-state index in [1.54, 1.807) is 34.8 Å². The first-order valence-corrected chi connectivity index (χ1v) is 10.6. The molecule has 0 amide bonds. The molecule has 3 heterocycles. The van der Waals surface area contributed by atoms with E-state index in [0.717, 1.165) is 30.2 Å². The molecule has 0 spiro atoms. The minimum atomic E-state index is -3.57. The Morgan fingerprint density at radius 3 is 2.38 bits per heavy atom. The number of hydrogen-bond acceptors (Lipinski definition) is 3. The second-order valence-electron chi connectivity index (χ2n) is 6.41. The monoisotopic (exact) mass is 429 g/mol. The fraction of sp³-hybridized carbons (Fsp3) is 0.438. The van der Waals surface area contributed by atoms with Gasteiger partial charge in [-0.25, -0.2) is 8.42 Å². The molecule has 4 rings (SSSR count). The predicted molar refractivity (Wildman–Crippen MR) is 95.5 cm³/mol. The highest BCUT2D eigenvalue weighted by Crippen LogP contribution is 2.44. The second kappa shape index (κ2) is 6.12. The van der Waals surface area contributed by atoms with Crippen molar-refractivity contribution in [2.45, 2.75) is 48.7 Å². The van der Waals surface area contributed by atoms with E-state index in [4.69, 9.17) is 11.6 Å². The third kappa shape index (κ3) is 2.71. The Morgan fingerprint density at radius 1 is 1.12 bits per heavy atom. The van der Waals surface area contributed by atoms with E-state index in [0.29, 0.717) is 0 Å². The first kappa shape index (κ1) is 16.6. The number of nitrogens with zero attached hydrogens (tertiary/aromatic N) is 3. The van der Waals surface area contributed by atoms with Crippen LogP contribution in [0.3, 0.4) is 0 Å². The normalized spacial score (nSPS) is 27.5. The smallest absolute Gasteiger partial charge is 0.245 e. The number of aromatic nitrogens is 2. The summed E-state index contributed by atoms with van der Waals surface area (Å²) in [6, 6.07) is 6.95. The zero-order chi connectivity index (χ0) is 16.9. The van der Waals surface area contributed by atoms with E-state index in [9.17, 15) is 8.42 Å². The van der Waals surface area contributed by atoms with Crippen LogP contribution in [-0.2, 0) is 10.0 Å². The lowest BCUT2D eigenvalue weighted by atomic mass is 10.00. The molecule has 0 saturated carbocycles. The fourth-order valence-corrected chi connectivity index (χ4v) is 6.69. The average molecular weight is 431 g/mol. The van der Waals surface area contributed by atoms with Crippen molar-refractivity contribution in [3.8, 4) is 0 Å². The average Bonchev–Trinajstić information content (AvgIpc) is 3.09. The van der Waals surface area contributed by atoms with Crippen molar-refractivity contribution >= 4 is 37.6 Å². The molecule has 2 saturated heterocycles. The maximum absolute atomic E-state index is 13.1. The lowest BCUT2D eigenvalue weighted by Crippen LogP contribution is -2.46. The highest BCUT2D eigenvalue weighted by atomic mass is 79.9. The van der Waals surface area contributed by atoms with Crippen LogP contribution in [0, 0.1) is 0 Å². The number of halogens is 2. The molecule has 0 aliphatic carbocycles. The largest absolute Gasteiger partial charge is 0.268 e. The van der Waals surface area contributed by atoms with Gasteiger partial charge in [-0.3, -0.25) is 4.68 Å². The molecule has 5 nitrogen and oxygen atoms in total. The molecule has 2 fully saturated rings. The molecule has 24 heavy (non-hydrogen) atoms. The predicted octanol–water partition coefficient (Wildman–Crippen LogP) is 3.86. The van der Waals surface area contributed by atoms with Gasteiger partial charge in [0.05, 0.1) is 21.7 Å². The van der Waals surface area contributed by atoms with Gasteiger partial charge in [-0.1, -0.05) is 23.7 Å². The van der Waals surface area contributed by atoms with Gasteiger partial charge in [-0.2, -0.15) is 9.40 Å². The molecule has 1 aromatic carbocycles. The number of sulfonamides is 1. The van der Waals surface area contributed by atoms with Gasteiger partial charge in [0.15, 0.2) is 0 Å². The molecule has 0 N–H and O–H groups in total. The van der Waals surface area contributed by atoms with Gasteiger partial charge in [-0.05, 0) is 53.7 Å². The lowest BCUT2D eigenvalue weighted by Gasteiger charge is -2.38. The summed E-state index contributed by atoms with van der Waals surface area (Å²) in [6.45, 7) is 0. The topological polar surface area (TPSA) is 55.2 Å². The Kier molecular flexibility index (Phi) is 4.23. The van der Waals surface area contributed by atoms with E-state index in [1.165, 1.54) is 0 Å². The minimum absolute atomic E-state index is 0.0120. The van der Waals surface area contributed by atoms with Gasteiger partial charge in [0.1, 0.15) is 4.90 Å². The summed E-state index contributed by atoms with van der Waals surface area (Å²) < 4.78 is 30.9. The van der Waals surface area contributed by atoms with Crippen molar-refractivity contribution in [1.82, 2.24) is 14.1 Å². The molecular weight excluding hydrogens is 414 g/mol. The van der Waals surface area contributed by atoms with Crippen molar-refractivity contribution in [2.24, 2.45) is 0 Å². The third-order valence-corrected chi connectivity index (χ3v) is 7.89. The molecule has 2 aliphatic heterocycles. The first-order valence-electron chi connectivity index (χ1n) is 7.94.